The van der Waals surface area contributed by atoms with E-state index in [-0.39, 0.29) is 29.6 Å². The maximum absolute atomic E-state index is 13.4. The number of carbonyl (C=O) groups is 1. The number of carbonyl (C=O) groups excluding carboxylic acids is 1. The number of amides is 1. The normalized spacial score (nSPS) is 13.4. The molecule has 31 heavy (non-hydrogen) atoms. The molecule has 2 N–H and O–H groups in total. The van der Waals surface area contributed by atoms with E-state index in [0.29, 0.717) is 18.1 Å². The molecule has 3 rings (SSSR count). The number of hydrogen-bond donors (Lipinski definition) is 2. The molecule has 1 saturated carbocycles. The fourth-order valence-corrected chi connectivity index (χ4v) is 4.45. The minimum Gasteiger partial charge on any atom is -0.492 e. The first-order chi connectivity index (χ1) is 14.3. The van der Waals surface area contributed by atoms with Gasteiger partial charge in [-0.25, -0.2) is 13.9 Å². The highest BCUT2D eigenvalue weighted by atomic mass is 35.5. The van der Waals surface area contributed by atoms with E-state index in [1.165, 1.54) is 11.5 Å². The van der Waals surface area contributed by atoms with E-state index in [2.05, 4.69) is 0 Å². The lowest BCUT2D eigenvalue weighted by atomic mass is 10.2. The van der Waals surface area contributed by atoms with Gasteiger partial charge >= 0.3 is 0 Å². The summed E-state index contributed by atoms with van der Waals surface area (Å²) in [7, 11) is -0.238. The summed E-state index contributed by atoms with van der Waals surface area (Å²) in [5, 5.41) is 8.94. The largest absolute Gasteiger partial charge is 0.492 e. The molecule has 170 valence electrons. The monoisotopic (exact) mass is 469 g/mol. The van der Waals surface area contributed by atoms with E-state index < -0.39 is 22.5 Å². The summed E-state index contributed by atoms with van der Waals surface area (Å²) in [6.07, 6.45) is 2.17. The number of rotatable bonds is 10. The third kappa shape index (κ3) is 6.57. The minimum atomic E-state index is -4.06. The van der Waals surface area contributed by atoms with Crippen LogP contribution in [0.25, 0.3) is 0 Å². The van der Waals surface area contributed by atoms with Gasteiger partial charge in [0.1, 0.15) is 10.6 Å². The van der Waals surface area contributed by atoms with Crippen LogP contribution in [0, 0.1) is 5.92 Å². The zero-order chi connectivity index (χ0) is 21.7. The highest BCUT2D eigenvalue weighted by Crippen LogP contribution is 2.32. The lowest BCUT2D eigenvalue weighted by molar-refractivity contribution is -0.129. The lowest BCUT2D eigenvalue weighted by Gasteiger charge is -2.23. The van der Waals surface area contributed by atoms with Gasteiger partial charge in [0.25, 0.3) is 5.91 Å². The van der Waals surface area contributed by atoms with Gasteiger partial charge < -0.3 is 9.64 Å². The molecule has 1 aliphatic rings. The lowest BCUT2D eigenvalue weighted by Crippen LogP contribution is -2.39. The van der Waals surface area contributed by atoms with Gasteiger partial charge in [0, 0.05) is 26.3 Å². The highest BCUT2D eigenvalue weighted by Gasteiger charge is 2.30. The zero-order valence-electron chi connectivity index (χ0n) is 17.5. The molecular formula is C21H28ClN3O5S. The Bertz CT molecular complexity index is 979. The van der Waals surface area contributed by atoms with E-state index in [1.807, 2.05) is 43.3 Å². The number of hydroxylamine groups is 1. The summed E-state index contributed by atoms with van der Waals surface area (Å²) in [6, 6.07) is 13.8. The molecule has 0 saturated heterocycles. The maximum Gasteiger partial charge on any atom is 0.258 e. The molecule has 1 amide bonds. The Morgan fingerprint density at radius 1 is 1.13 bits per heavy atom. The third-order valence-electron chi connectivity index (χ3n) is 4.89. The third-order valence-corrected chi connectivity index (χ3v) is 6.73. The maximum atomic E-state index is 13.4. The number of sulfonamides is 1. The van der Waals surface area contributed by atoms with Crippen LogP contribution in [0.4, 0.5) is 5.69 Å². The molecule has 1 aliphatic carbocycles. The van der Waals surface area contributed by atoms with E-state index in [1.54, 1.807) is 18.2 Å². The Labute approximate surface area is 189 Å². The average molecular weight is 470 g/mol. The van der Waals surface area contributed by atoms with E-state index in [0.717, 1.165) is 22.8 Å². The summed E-state index contributed by atoms with van der Waals surface area (Å²) >= 11 is 0. The van der Waals surface area contributed by atoms with Gasteiger partial charge in [0.2, 0.25) is 10.0 Å². The number of anilines is 1. The van der Waals surface area contributed by atoms with E-state index in [4.69, 9.17) is 9.94 Å². The Morgan fingerprint density at radius 2 is 1.77 bits per heavy atom. The van der Waals surface area contributed by atoms with Crippen molar-refractivity contribution in [2.45, 2.75) is 24.3 Å². The Morgan fingerprint density at radius 3 is 2.35 bits per heavy atom. The second-order valence-electron chi connectivity index (χ2n) is 7.57. The molecule has 0 heterocycles. The van der Waals surface area contributed by atoms with Crippen molar-refractivity contribution in [3.8, 4) is 5.75 Å². The predicted molar refractivity (Wildman–Crippen MR) is 120 cm³/mol. The standard InChI is InChI=1S/C21H27N3O5S.ClH/c1-23(2)18-11-9-16(10-12-18)13-24(14-21(25)22-26)30(27,28)20-6-4-3-5-19(20)29-15-17-7-8-17;/h3-6,9-12,17,26H,7-8,13-15H2,1-2H3,(H,22,25);1H. The van der Waals surface area contributed by atoms with Gasteiger partial charge in [-0.3, -0.25) is 10.0 Å². The SMILES string of the molecule is CN(C)c1ccc(CN(CC(=O)NO)S(=O)(=O)c2ccccc2OCC2CC2)cc1.Cl. The summed E-state index contributed by atoms with van der Waals surface area (Å²) in [5.74, 6) is -0.0890. The van der Waals surface area contributed by atoms with Gasteiger partial charge in [-0.05, 0) is 48.6 Å². The van der Waals surface area contributed by atoms with Crippen molar-refractivity contribution in [1.29, 1.82) is 0 Å². The number of nitrogens with one attached hydrogen (secondary N) is 1. The molecule has 0 spiro atoms. The molecule has 10 heteroatoms. The number of benzene rings is 2. The smallest absolute Gasteiger partial charge is 0.258 e. The Hall–Kier alpha value is -2.33. The number of para-hydroxylation sites is 1. The van der Waals surface area contributed by atoms with Crippen LogP contribution in [0.5, 0.6) is 5.75 Å². The van der Waals surface area contributed by atoms with E-state index >= 15 is 0 Å². The van der Waals surface area contributed by atoms with Gasteiger partial charge in [-0.15, -0.1) is 12.4 Å². The molecule has 0 bridgehead atoms. The van der Waals surface area contributed by atoms with Crippen LogP contribution >= 0.6 is 12.4 Å². The van der Waals surface area contributed by atoms with Crippen molar-refractivity contribution >= 4 is 34.0 Å². The fraction of sp³-hybridized carbons (Fsp3) is 0.381. The highest BCUT2D eigenvalue weighted by molar-refractivity contribution is 7.89. The molecule has 8 nitrogen and oxygen atoms in total. The van der Waals surface area contributed by atoms with Gasteiger partial charge in [-0.1, -0.05) is 24.3 Å². The van der Waals surface area contributed by atoms with Crippen LogP contribution in [-0.4, -0.2) is 51.1 Å². The molecule has 0 aliphatic heterocycles. The summed E-state index contributed by atoms with van der Waals surface area (Å²) in [4.78, 5) is 13.8. The molecule has 2 aromatic rings. The molecule has 1 fully saturated rings. The van der Waals surface area contributed by atoms with Crippen molar-refractivity contribution in [3.05, 3.63) is 54.1 Å². The molecule has 0 unspecified atom stereocenters. The van der Waals surface area contributed by atoms with Crippen molar-refractivity contribution in [3.63, 3.8) is 0 Å². The molecule has 0 aromatic heterocycles. The van der Waals surface area contributed by atoms with E-state index in [9.17, 15) is 13.2 Å². The van der Waals surface area contributed by atoms with Crippen LogP contribution in [0.15, 0.2) is 53.4 Å². The number of nitrogens with zero attached hydrogens (tertiary/aromatic N) is 2. The quantitative estimate of drug-likeness (QED) is 0.410. The summed E-state index contributed by atoms with van der Waals surface area (Å²) in [6.45, 7) is -0.0820. The minimum absolute atomic E-state index is 0. The molecule has 0 atom stereocenters. The van der Waals surface area contributed by atoms with Crippen molar-refractivity contribution in [1.82, 2.24) is 9.79 Å². The molecule has 2 aromatic carbocycles. The average Bonchev–Trinajstić information content (AvgIpc) is 3.56. The molecular weight excluding hydrogens is 442 g/mol. The van der Waals surface area contributed by atoms with Gasteiger partial charge in [-0.2, -0.15) is 4.31 Å². The first-order valence-electron chi connectivity index (χ1n) is 9.72. The van der Waals surface area contributed by atoms with Crippen LogP contribution in [0.2, 0.25) is 0 Å². The van der Waals surface area contributed by atoms with Crippen LogP contribution in [-0.2, 0) is 21.4 Å². The first kappa shape index (κ1) is 24.9. The first-order valence-corrected chi connectivity index (χ1v) is 11.2. The van der Waals surface area contributed by atoms with Crippen LogP contribution < -0.4 is 15.1 Å². The second-order valence-corrected chi connectivity index (χ2v) is 9.48. The van der Waals surface area contributed by atoms with Crippen molar-refractivity contribution in [2.24, 2.45) is 5.92 Å². The Kier molecular flexibility index (Phi) is 8.69. The van der Waals surface area contributed by atoms with Crippen molar-refractivity contribution < 1.29 is 23.2 Å². The molecule has 0 radical (unpaired) electrons. The zero-order valence-corrected chi connectivity index (χ0v) is 19.2. The Balaban J connectivity index is 0.00000341. The summed E-state index contributed by atoms with van der Waals surface area (Å²) in [5.41, 5.74) is 3.20. The fourth-order valence-electron chi connectivity index (χ4n) is 2.94. The van der Waals surface area contributed by atoms with Crippen LogP contribution in [0.1, 0.15) is 18.4 Å². The number of halogens is 1. The predicted octanol–water partition coefficient (Wildman–Crippen LogP) is 2.66. The van der Waals surface area contributed by atoms with Crippen molar-refractivity contribution in [2.75, 3.05) is 32.1 Å². The topological polar surface area (TPSA) is 99.2 Å². The summed E-state index contributed by atoms with van der Waals surface area (Å²) < 4.78 is 33.6. The number of hydrogen-bond acceptors (Lipinski definition) is 6. The second kappa shape index (κ2) is 10.8. The van der Waals surface area contributed by atoms with Gasteiger partial charge in [0.15, 0.2) is 0 Å². The van der Waals surface area contributed by atoms with Gasteiger partial charge in [0.05, 0.1) is 13.2 Å². The van der Waals surface area contributed by atoms with Crippen LogP contribution in [0.3, 0.4) is 0 Å². The number of ether oxygens (including phenoxy) is 1.